The molecule has 9 heteroatoms. The van der Waals surface area contributed by atoms with E-state index < -0.39 is 35.1 Å². The molecule has 1 aromatic heterocycles. The summed E-state index contributed by atoms with van der Waals surface area (Å²) in [5, 5.41) is 11.2. The molecule has 33 heavy (non-hydrogen) atoms. The lowest BCUT2D eigenvalue weighted by atomic mass is 9.98. The largest absolute Gasteiger partial charge is 0.507 e. The lowest BCUT2D eigenvalue weighted by Crippen LogP contribution is -2.29. The highest BCUT2D eigenvalue weighted by molar-refractivity contribution is 6.51. The number of rotatable bonds is 5. The number of aliphatic hydroxyl groups is 1. The van der Waals surface area contributed by atoms with Gasteiger partial charge in [-0.25, -0.2) is 8.78 Å². The average Bonchev–Trinajstić information content (AvgIpc) is 3.35. The molecule has 0 saturated carbocycles. The number of hydrogen-bond donors (Lipinski definition) is 1. The van der Waals surface area contributed by atoms with Crippen LogP contribution in [-0.2, 0) is 9.59 Å². The Kier molecular flexibility index (Phi) is 5.63. The number of nitrogens with zero attached hydrogens (tertiary/aromatic N) is 1. The maximum atomic E-state index is 14.0. The van der Waals surface area contributed by atoms with Crippen LogP contribution in [0.2, 0.25) is 0 Å². The summed E-state index contributed by atoms with van der Waals surface area (Å²) in [5.74, 6) is -3.67. The normalized spacial score (nSPS) is 17.5. The van der Waals surface area contributed by atoms with E-state index in [1.807, 2.05) is 0 Å². The molecule has 1 aliphatic heterocycles. The standard InChI is InChI=1S/C24H19F2NO6/c1-12-4-8-19(33-12)21-20(22(28)15-11-14(31-2)6-9-18(15)32-3)23(29)24(30)27(21)13-5-7-16(25)17(26)10-13/h4-11,21,28H,1-3H3/b22-20-. The number of hydrogen-bond acceptors (Lipinski definition) is 6. The number of aryl methyl sites for hydroxylation is 1. The monoisotopic (exact) mass is 455 g/mol. The van der Waals surface area contributed by atoms with Crippen molar-refractivity contribution in [3.05, 3.63) is 82.8 Å². The smallest absolute Gasteiger partial charge is 0.300 e. The molecule has 0 radical (unpaired) electrons. The molecule has 7 nitrogen and oxygen atoms in total. The third-order valence-electron chi connectivity index (χ3n) is 5.32. The molecule has 2 heterocycles. The Labute approximate surface area is 187 Å². The Morgan fingerprint density at radius 3 is 2.36 bits per heavy atom. The van der Waals surface area contributed by atoms with E-state index in [-0.39, 0.29) is 28.3 Å². The number of benzene rings is 2. The minimum Gasteiger partial charge on any atom is -0.507 e. The van der Waals surface area contributed by atoms with E-state index in [0.717, 1.165) is 17.0 Å². The minimum absolute atomic E-state index is 0.0771. The Morgan fingerprint density at radius 1 is 1.00 bits per heavy atom. The van der Waals surface area contributed by atoms with Crippen LogP contribution in [0.4, 0.5) is 14.5 Å². The summed E-state index contributed by atoms with van der Waals surface area (Å²) in [6.45, 7) is 1.67. The van der Waals surface area contributed by atoms with E-state index in [0.29, 0.717) is 11.5 Å². The molecule has 4 rings (SSSR count). The van der Waals surface area contributed by atoms with Crippen LogP contribution in [0.5, 0.6) is 11.5 Å². The second-order valence-corrected chi connectivity index (χ2v) is 7.28. The zero-order valence-corrected chi connectivity index (χ0v) is 17.9. The Hall–Kier alpha value is -4.14. The first kappa shape index (κ1) is 22.1. The number of Topliss-reactive ketones (excluding diaryl/α,β-unsaturated/α-hetero) is 1. The molecule has 1 fully saturated rings. The van der Waals surface area contributed by atoms with Crippen LogP contribution < -0.4 is 14.4 Å². The van der Waals surface area contributed by atoms with Crippen molar-refractivity contribution in [1.29, 1.82) is 0 Å². The second kappa shape index (κ2) is 8.42. The van der Waals surface area contributed by atoms with Gasteiger partial charge in [-0.15, -0.1) is 0 Å². The molecule has 1 amide bonds. The first-order valence-electron chi connectivity index (χ1n) is 9.81. The van der Waals surface area contributed by atoms with Gasteiger partial charge in [0.1, 0.15) is 34.8 Å². The fourth-order valence-electron chi connectivity index (χ4n) is 3.75. The Balaban J connectivity index is 1.98. The van der Waals surface area contributed by atoms with Crippen molar-refractivity contribution in [1.82, 2.24) is 0 Å². The van der Waals surface area contributed by atoms with Crippen molar-refractivity contribution in [2.24, 2.45) is 0 Å². The fourth-order valence-corrected chi connectivity index (χ4v) is 3.75. The van der Waals surface area contributed by atoms with Crippen molar-refractivity contribution >= 4 is 23.1 Å². The van der Waals surface area contributed by atoms with Crippen molar-refractivity contribution in [3.63, 3.8) is 0 Å². The molecule has 0 aliphatic carbocycles. The van der Waals surface area contributed by atoms with Gasteiger partial charge in [0, 0.05) is 11.8 Å². The van der Waals surface area contributed by atoms with Gasteiger partial charge in [0.2, 0.25) is 0 Å². The van der Waals surface area contributed by atoms with Gasteiger partial charge in [-0.05, 0) is 49.4 Å². The van der Waals surface area contributed by atoms with Crippen LogP contribution in [-0.4, -0.2) is 31.0 Å². The maximum Gasteiger partial charge on any atom is 0.300 e. The topological polar surface area (TPSA) is 89.2 Å². The zero-order chi connectivity index (χ0) is 23.9. The van der Waals surface area contributed by atoms with Gasteiger partial charge in [0.05, 0.1) is 25.4 Å². The molecule has 1 atom stereocenters. The van der Waals surface area contributed by atoms with E-state index in [2.05, 4.69) is 0 Å². The molecule has 1 unspecified atom stereocenters. The van der Waals surface area contributed by atoms with Crippen molar-refractivity contribution in [2.45, 2.75) is 13.0 Å². The number of aliphatic hydroxyl groups excluding tert-OH is 1. The number of furan rings is 1. The van der Waals surface area contributed by atoms with Crippen LogP contribution >= 0.6 is 0 Å². The molecule has 170 valence electrons. The molecule has 3 aromatic rings. The van der Waals surface area contributed by atoms with Crippen LogP contribution in [0.25, 0.3) is 5.76 Å². The lowest BCUT2D eigenvalue weighted by molar-refractivity contribution is -0.132. The number of methoxy groups -OCH3 is 2. The van der Waals surface area contributed by atoms with Crippen molar-refractivity contribution in [3.8, 4) is 11.5 Å². The van der Waals surface area contributed by atoms with Crippen molar-refractivity contribution < 1.29 is 37.4 Å². The zero-order valence-electron chi connectivity index (χ0n) is 17.9. The second-order valence-electron chi connectivity index (χ2n) is 7.28. The molecule has 2 aromatic carbocycles. The van der Waals surface area contributed by atoms with Gasteiger partial charge in [-0.2, -0.15) is 0 Å². The summed E-state index contributed by atoms with van der Waals surface area (Å²) in [6.07, 6.45) is 0. The predicted molar refractivity (Wildman–Crippen MR) is 114 cm³/mol. The summed E-state index contributed by atoms with van der Waals surface area (Å²) in [5.41, 5.74) is -0.272. The average molecular weight is 455 g/mol. The summed E-state index contributed by atoms with van der Waals surface area (Å²) in [6, 6.07) is 9.31. The number of amides is 1. The molecule has 0 bridgehead atoms. The molecule has 1 aliphatic rings. The van der Waals surface area contributed by atoms with E-state index in [9.17, 15) is 23.5 Å². The molecule has 1 saturated heterocycles. The van der Waals surface area contributed by atoms with E-state index in [1.165, 1.54) is 38.5 Å². The summed E-state index contributed by atoms with van der Waals surface area (Å²) in [4.78, 5) is 27.1. The molecular weight excluding hydrogens is 436 g/mol. The highest BCUT2D eigenvalue weighted by atomic mass is 19.2. The SMILES string of the molecule is COc1ccc(OC)c(/C(O)=C2/C(=O)C(=O)N(c3ccc(F)c(F)c3)C2c2ccc(C)o2)c1. The molecule has 0 spiro atoms. The quantitative estimate of drug-likeness (QED) is 0.346. The Morgan fingerprint density at radius 2 is 1.76 bits per heavy atom. The summed E-state index contributed by atoms with van der Waals surface area (Å²) in [7, 11) is 2.81. The van der Waals surface area contributed by atoms with Gasteiger partial charge >= 0.3 is 0 Å². The number of ether oxygens (including phenoxy) is 2. The predicted octanol–water partition coefficient (Wildman–Crippen LogP) is 4.51. The summed E-state index contributed by atoms with van der Waals surface area (Å²) >= 11 is 0. The summed E-state index contributed by atoms with van der Waals surface area (Å²) < 4.78 is 43.7. The van der Waals surface area contributed by atoms with Gasteiger partial charge in [-0.1, -0.05) is 0 Å². The lowest BCUT2D eigenvalue weighted by Gasteiger charge is -2.23. The first-order chi connectivity index (χ1) is 15.8. The van der Waals surface area contributed by atoms with Gasteiger partial charge in [0.25, 0.3) is 11.7 Å². The van der Waals surface area contributed by atoms with Crippen LogP contribution in [0.15, 0.2) is 58.5 Å². The minimum atomic E-state index is -1.24. The number of carbonyl (C=O) groups is 2. The van der Waals surface area contributed by atoms with Crippen LogP contribution in [0.3, 0.4) is 0 Å². The van der Waals surface area contributed by atoms with Crippen LogP contribution in [0, 0.1) is 18.6 Å². The van der Waals surface area contributed by atoms with E-state index in [4.69, 9.17) is 13.9 Å². The van der Waals surface area contributed by atoms with Crippen molar-refractivity contribution in [2.75, 3.05) is 19.1 Å². The van der Waals surface area contributed by atoms with E-state index in [1.54, 1.807) is 19.1 Å². The first-order valence-corrected chi connectivity index (χ1v) is 9.81. The molecular formula is C24H19F2NO6. The Bertz CT molecular complexity index is 1300. The third kappa shape index (κ3) is 3.71. The van der Waals surface area contributed by atoms with Gasteiger partial charge in [0.15, 0.2) is 11.6 Å². The number of carbonyl (C=O) groups excluding carboxylic acids is 2. The molecule has 1 N–H and O–H groups in total. The number of anilines is 1. The highest BCUT2D eigenvalue weighted by Gasteiger charge is 2.48. The maximum absolute atomic E-state index is 14.0. The number of halogens is 2. The van der Waals surface area contributed by atoms with E-state index >= 15 is 0 Å². The van der Waals surface area contributed by atoms with Gasteiger partial charge in [-0.3, -0.25) is 14.5 Å². The number of ketones is 1. The fraction of sp³-hybridized carbons (Fsp3) is 0.167. The third-order valence-corrected chi connectivity index (χ3v) is 5.32. The van der Waals surface area contributed by atoms with Crippen LogP contribution in [0.1, 0.15) is 23.1 Å². The van der Waals surface area contributed by atoms with Gasteiger partial charge < -0.3 is 19.0 Å². The highest BCUT2D eigenvalue weighted by Crippen LogP contribution is 2.44.